The first-order valence-electron chi connectivity index (χ1n) is 7.75. The summed E-state index contributed by atoms with van der Waals surface area (Å²) in [5, 5.41) is 13.3. The number of nitrogens with zero attached hydrogens (tertiary/aromatic N) is 3. The fourth-order valence-electron chi connectivity index (χ4n) is 2.43. The third-order valence-corrected chi connectivity index (χ3v) is 4.67. The second-order valence-corrected chi connectivity index (χ2v) is 7.21. The van der Waals surface area contributed by atoms with Crippen molar-refractivity contribution in [3.8, 4) is 0 Å². The van der Waals surface area contributed by atoms with Crippen LogP contribution in [-0.4, -0.2) is 35.1 Å². The molecule has 2 heterocycles. The summed E-state index contributed by atoms with van der Waals surface area (Å²) in [6, 6.07) is 7.67. The molecular weight excluding hydrogens is 324 g/mol. The molecule has 126 valence electrons. The van der Waals surface area contributed by atoms with Gasteiger partial charge in [0.2, 0.25) is 5.13 Å². The number of aromatic nitrogens is 2. The molecule has 0 aliphatic rings. The predicted octanol–water partition coefficient (Wildman–Crippen LogP) is 3.72. The highest BCUT2D eigenvalue weighted by atomic mass is 32.1. The van der Waals surface area contributed by atoms with E-state index in [1.807, 2.05) is 57.1 Å². The molecule has 3 aromatic rings. The van der Waals surface area contributed by atoms with Crippen molar-refractivity contribution in [1.29, 1.82) is 0 Å². The summed E-state index contributed by atoms with van der Waals surface area (Å²) in [7, 11) is 3.92. The number of amides is 1. The van der Waals surface area contributed by atoms with Gasteiger partial charge in [-0.1, -0.05) is 43.4 Å². The average Bonchev–Trinajstić information content (AvgIpc) is 3.12. The summed E-state index contributed by atoms with van der Waals surface area (Å²) in [5.74, 6) is 0.310. The van der Waals surface area contributed by atoms with Crippen molar-refractivity contribution in [3.05, 3.63) is 40.6 Å². The third kappa shape index (κ3) is 3.32. The first-order chi connectivity index (χ1) is 11.5. The molecule has 0 saturated heterocycles. The van der Waals surface area contributed by atoms with Crippen LogP contribution in [0.15, 0.2) is 28.7 Å². The zero-order valence-corrected chi connectivity index (χ0v) is 15.0. The van der Waals surface area contributed by atoms with Crippen LogP contribution in [0.1, 0.15) is 40.9 Å². The summed E-state index contributed by atoms with van der Waals surface area (Å²) in [5.41, 5.74) is 1.58. The van der Waals surface area contributed by atoms with Gasteiger partial charge in [0.15, 0.2) is 5.76 Å². The van der Waals surface area contributed by atoms with Gasteiger partial charge in [0, 0.05) is 23.4 Å². The van der Waals surface area contributed by atoms with Crippen LogP contribution in [0.5, 0.6) is 0 Å². The summed E-state index contributed by atoms with van der Waals surface area (Å²) in [6.07, 6.45) is 0. The Kier molecular flexibility index (Phi) is 4.64. The molecule has 3 rings (SSSR count). The van der Waals surface area contributed by atoms with Crippen molar-refractivity contribution in [1.82, 2.24) is 15.1 Å². The number of hydrogen-bond donors (Lipinski definition) is 1. The van der Waals surface area contributed by atoms with Crippen LogP contribution in [0.4, 0.5) is 5.13 Å². The normalized spacial score (nSPS) is 11.6. The molecule has 0 bridgehead atoms. The van der Waals surface area contributed by atoms with Crippen molar-refractivity contribution in [2.24, 2.45) is 0 Å². The lowest BCUT2D eigenvalue weighted by atomic mass is 10.1. The van der Waals surface area contributed by atoms with Crippen LogP contribution in [0.3, 0.4) is 0 Å². The highest BCUT2D eigenvalue weighted by Gasteiger charge is 2.22. The van der Waals surface area contributed by atoms with Gasteiger partial charge in [-0.15, -0.1) is 10.2 Å². The number of carbonyl (C=O) groups excluding carboxylic acids is 1. The smallest absolute Gasteiger partial charge is 0.293 e. The Morgan fingerprint density at radius 1 is 1.29 bits per heavy atom. The van der Waals surface area contributed by atoms with Crippen LogP contribution in [0, 0.1) is 0 Å². The Bertz CT molecular complexity index is 866. The minimum atomic E-state index is -0.297. The van der Waals surface area contributed by atoms with Gasteiger partial charge < -0.3 is 9.32 Å². The lowest BCUT2D eigenvalue weighted by Gasteiger charge is -2.09. The lowest BCUT2D eigenvalue weighted by molar-refractivity contribution is 0.0996. The monoisotopic (exact) mass is 344 g/mol. The SMILES string of the molecule is CC(C)c1nnc(NC(=O)c2oc3ccccc3c2CN(C)C)s1. The van der Waals surface area contributed by atoms with Crippen LogP contribution < -0.4 is 5.32 Å². The minimum absolute atomic E-state index is 0.281. The number of hydrogen-bond acceptors (Lipinski definition) is 6. The van der Waals surface area contributed by atoms with E-state index >= 15 is 0 Å². The molecule has 1 amide bonds. The molecule has 7 heteroatoms. The third-order valence-electron chi connectivity index (χ3n) is 3.53. The summed E-state index contributed by atoms with van der Waals surface area (Å²) in [4.78, 5) is 14.7. The topological polar surface area (TPSA) is 71.3 Å². The van der Waals surface area contributed by atoms with E-state index in [4.69, 9.17) is 4.42 Å². The molecule has 0 atom stereocenters. The van der Waals surface area contributed by atoms with Gasteiger partial charge in [0.25, 0.3) is 5.91 Å². The second-order valence-electron chi connectivity index (χ2n) is 6.20. The van der Waals surface area contributed by atoms with Gasteiger partial charge in [-0.25, -0.2) is 0 Å². The van der Waals surface area contributed by atoms with Crippen LogP contribution in [0.25, 0.3) is 11.0 Å². The number of para-hydroxylation sites is 1. The van der Waals surface area contributed by atoms with Crippen molar-refractivity contribution >= 4 is 33.3 Å². The van der Waals surface area contributed by atoms with Crippen LogP contribution in [0.2, 0.25) is 0 Å². The zero-order valence-electron chi connectivity index (χ0n) is 14.2. The number of rotatable bonds is 5. The number of nitrogens with one attached hydrogen (secondary N) is 1. The van der Waals surface area contributed by atoms with Crippen molar-refractivity contribution < 1.29 is 9.21 Å². The predicted molar refractivity (Wildman–Crippen MR) is 95.6 cm³/mol. The Morgan fingerprint density at radius 2 is 2.04 bits per heavy atom. The number of anilines is 1. The molecule has 1 N–H and O–H groups in total. The van der Waals surface area contributed by atoms with Crippen LogP contribution >= 0.6 is 11.3 Å². The molecule has 0 radical (unpaired) electrons. The molecule has 0 aliphatic heterocycles. The standard InChI is InChI=1S/C17H20N4O2S/c1-10(2)16-19-20-17(24-16)18-15(22)14-12(9-21(3)4)11-7-5-6-8-13(11)23-14/h5-8,10H,9H2,1-4H3,(H,18,20,22). The Morgan fingerprint density at radius 3 is 2.71 bits per heavy atom. The molecule has 6 nitrogen and oxygen atoms in total. The van der Waals surface area contributed by atoms with E-state index < -0.39 is 0 Å². The number of furan rings is 1. The molecule has 24 heavy (non-hydrogen) atoms. The molecule has 2 aromatic heterocycles. The molecule has 1 aromatic carbocycles. The highest BCUT2D eigenvalue weighted by Crippen LogP contribution is 2.28. The van der Waals surface area contributed by atoms with Crippen molar-refractivity contribution in [3.63, 3.8) is 0 Å². The maximum absolute atomic E-state index is 12.7. The fraction of sp³-hybridized carbons (Fsp3) is 0.353. The number of fused-ring (bicyclic) bond motifs is 1. The maximum Gasteiger partial charge on any atom is 0.293 e. The van der Waals surface area contributed by atoms with Gasteiger partial charge in [-0.05, 0) is 20.2 Å². The van der Waals surface area contributed by atoms with E-state index in [0.717, 1.165) is 16.0 Å². The average molecular weight is 344 g/mol. The summed E-state index contributed by atoms with van der Waals surface area (Å²) < 4.78 is 5.81. The maximum atomic E-state index is 12.7. The largest absolute Gasteiger partial charge is 0.451 e. The molecular formula is C17H20N4O2S. The second kappa shape index (κ2) is 6.70. The Balaban J connectivity index is 1.93. The van der Waals surface area contributed by atoms with E-state index in [0.29, 0.717) is 23.0 Å². The zero-order chi connectivity index (χ0) is 17.3. The number of carbonyl (C=O) groups is 1. The van der Waals surface area contributed by atoms with Crippen molar-refractivity contribution in [2.45, 2.75) is 26.3 Å². The first-order valence-corrected chi connectivity index (χ1v) is 8.57. The van der Waals surface area contributed by atoms with E-state index in [1.165, 1.54) is 11.3 Å². The first kappa shape index (κ1) is 16.6. The van der Waals surface area contributed by atoms with Gasteiger partial charge in [0.1, 0.15) is 10.6 Å². The van der Waals surface area contributed by atoms with E-state index in [1.54, 1.807) is 0 Å². The minimum Gasteiger partial charge on any atom is -0.451 e. The van der Waals surface area contributed by atoms with Crippen molar-refractivity contribution in [2.75, 3.05) is 19.4 Å². The molecule has 0 spiro atoms. The molecule has 0 saturated carbocycles. The molecule has 0 fully saturated rings. The summed E-state index contributed by atoms with van der Waals surface area (Å²) in [6.45, 7) is 4.70. The van der Waals surface area contributed by atoms with Crippen LogP contribution in [-0.2, 0) is 6.54 Å². The van der Waals surface area contributed by atoms with Gasteiger partial charge in [-0.3, -0.25) is 10.1 Å². The van der Waals surface area contributed by atoms with Gasteiger partial charge in [-0.2, -0.15) is 0 Å². The fourth-order valence-corrected chi connectivity index (χ4v) is 3.17. The molecule has 0 aliphatic carbocycles. The lowest BCUT2D eigenvalue weighted by Crippen LogP contribution is -2.17. The Hall–Kier alpha value is -2.25. The van der Waals surface area contributed by atoms with E-state index in [9.17, 15) is 4.79 Å². The van der Waals surface area contributed by atoms with Gasteiger partial charge >= 0.3 is 0 Å². The quantitative estimate of drug-likeness (QED) is 0.764. The molecule has 0 unspecified atom stereocenters. The summed E-state index contributed by atoms with van der Waals surface area (Å²) >= 11 is 1.38. The van der Waals surface area contributed by atoms with Gasteiger partial charge in [0.05, 0.1) is 0 Å². The highest BCUT2D eigenvalue weighted by molar-refractivity contribution is 7.15. The Labute approximate surface area is 144 Å². The van der Waals surface area contributed by atoms with E-state index in [2.05, 4.69) is 15.5 Å². The number of benzene rings is 1. The van der Waals surface area contributed by atoms with E-state index in [-0.39, 0.29) is 11.8 Å².